The fraction of sp³-hybridized carbons (Fsp3) is 0.538. The van der Waals surface area contributed by atoms with Crippen LogP contribution in [0.15, 0.2) is 11.4 Å². The number of hydrogen-bond acceptors (Lipinski definition) is 3. The van der Waals surface area contributed by atoms with Crippen molar-refractivity contribution in [1.29, 1.82) is 0 Å². The number of carbonyl (C=O) groups is 2. The van der Waals surface area contributed by atoms with Crippen molar-refractivity contribution < 1.29 is 14.7 Å². The molecule has 5 nitrogen and oxygen atoms in total. The Hall–Kier alpha value is -1.56. The van der Waals surface area contributed by atoms with Crippen molar-refractivity contribution in [2.45, 2.75) is 38.8 Å². The topological polar surface area (TPSA) is 69.6 Å². The van der Waals surface area contributed by atoms with Crippen molar-refractivity contribution >= 4 is 23.3 Å². The zero-order valence-corrected chi connectivity index (χ0v) is 11.9. The first-order valence-corrected chi connectivity index (χ1v) is 7.15. The van der Waals surface area contributed by atoms with Crippen molar-refractivity contribution in [3.8, 4) is 0 Å². The van der Waals surface area contributed by atoms with Crippen LogP contribution in [0.5, 0.6) is 0 Å². The number of carboxylic acids is 1. The number of likely N-dealkylation sites (tertiary alicyclic amines) is 1. The predicted octanol–water partition coefficient (Wildman–Crippen LogP) is 2.21. The second-order valence-corrected chi connectivity index (χ2v) is 6.02. The summed E-state index contributed by atoms with van der Waals surface area (Å²) in [5.41, 5.74) is 0.0712. The summed E-state index contributed by atoms with van der Waals surface area (Å²) >= 11 is 1.59. The highest BCUT2D eigenvalue weighted by molar-refractivity contribution is 7.10. The Kier molecular flexibility index (Phi) is 3.80. The van der Waals surface area contributed by atoms with Gasteiger partial charge in [0.1, 0.15) is 5.54 Å². The molecule has 6 heteroatoms. The molecule has 0 bridgehead atoms. The smallest absolute Gasteiger partial charge is 0.329 e. The number of amides is 2. The van der Waals surface area contributed by atoms with Crippen LogP contribution in [0, 0.1) is 6.92 Å². The van der Waals surface area contributed by atoms with Gasteiger partial charge < -0.3 is 15.3 Å². The number of thiophene rings is 1. The molecular formula is C13H18N2O3S. The lowest BCUT2D eigenvalue weighted by Gasteiger charge is -2.31. The fourth-order valence-corrected chi connectivity index (χ4v) is 3.19. The summed E-state index contributed by atoms with van der Waals surface area (Å²) in [6.07, 6.45) is 1.24. The molecule has 1 aromatic rings. The number of urea groups is 1. The molecule has 0 spiro atoms. The highest BCUT2D eigenvalue weighted by Crippen LogP contribution is 2.29. The Morgan fingerprint density at radius 3 is 2.89 bits per heavy atom. The Balaban J connectivity index is 2.00. The molecule has 104 valence electrons. The summed E-state index contributed by atoms with van der Waals surface area (Å²) in [4.78, 5) is 26.0. The molecule has 2 rings (SSSR count). The summed E-state index contributed by atoms with van der Waals surface area (Å²) in [6, 6.07) is 1.71. The Morgan fingerprint density at radius 2 is 2.32 bits per heavy atom. The first-order valence-electron chi connectivity index (χ1n) is 6.27. The third-order valence-corrected chi connectivity index (χ3v) is 4.74. The largest absolute Gasteiger partial charge is 0.480 e. The first-order chi connectivity index (χ1) is 8.95. The lowest BCUT2D eigenvalue weighted by molar-refractivity contribution is -0.147. The van der Waals surface area contributed by atoms with E-state index in [2.05, 4.69) is 5.32 Å². The number of nitrogens with one attached hydrogen (secondary N) is 1. The Labute approximate surface area is 116 Å². The lowest BCUT2D eigenvalue weighted by Crippen LogP contribution is -2.53. The minimum atomic E-state index is -1.07. The van der Waals surface area contributed by atoms with E-state index >= 15 is 0 Å². The second-order valence-electron chi connectivity index (χ2n) is 5.02. The highest BCUT2D eigenvalue weighted by atomic mass is 32.1. The average Bonchev–Trinajstić information content (AvgIpc) is 2.93. The normalized spacial score (nSPS) is 22.5. The van der Waals surface area contributed by atoms with Gasteiger partial charge in [0.25, 0.3) is 0 Å². The molecule has 0 radical (unpaired) electrons. The van der Waals surface area contributed by atoms with E-state index < -0.39 is 11.5 Å². The SMILES string of the molecule is Cc1ccsc1CNC(=O)N1CCCC1(C)C(=O)O. The van der Waals surface area contributed by atoms with Crippen LogP contribution in [0.1, 0.15) is 30.2 Å². The molecule has 1 fully saturated rings. The number of rotatable bonds is 3. The molecule has 2 amide bonds. The number of aliphatic carboxylic acids is 1. The van der Waals surface area contributed by atoms with E-state index in [4.69, 9.17) is 0 Å². The van der Waals surface area contributed by atoms with Crippen molar-refractivity contribution in [1.82, 2.24) is 10.2 Å². The van der Waals surface area contributed by atoms with E-state index in [9.17, 15) is 14.7 Å². The van der Waals surface area contributed by atoms with Crippen LogP contribution in [-0.2, 0) is 11.3 Å². The van der Waals surface area contributed by atoms with Gasteiger partial charge in [0.2, 0.25) is 0 Å². The third kappa shape index (κ3) is 2.58. The summed E-state index contributed by atoms with van der Waals surface area (Å²) in [6.45, 7) is 4.56. The molecule has 2 N–H and O–H groups in total. The average molecular weight is 282 g/mol. The van der Waals surface area contributed by atoms with Crippen molar-refractivity contribution in [2.24, 2.45) is 0 Å². The molecular weight excluding hydrogens is 264 g/mol. The minimum Gasteiger partial charge on any atom is -0.480 e. The van der Waals surface area contributed by atoms with Gasteiger partial charge >= 0.3 is 12.0 Å². The van der Waals surface area contributed by atoms with Crippen LogP contribution in [0.2, 0.25) is 0 Å². The van der Waals surface area contributed by atoms with E-state index in [0.29, 0.717) is 19.5 Å². The molecule has 0 aliphatic carbocycles. The van der Waals surface area contributed by atoms with Gasteiger partial charge in [-0.2, -0.15) is 0 Å². The molecule has 1 aliphatic rings. The Bertz CT molecular complexity index is 500. The summed E-state index contributed by atoms with van der Waals surface area (Å²) in [5, 5.41) is 14.1. The molecule has 1 aliphatic heterocycles. The van der Waals surface area contributed by atoms with Gasteiger partial charge in [-0.25, -0.2) is 9.59 Å². The fourth-order valence-electron chi connectivity index (χ4n) is 2.35. The molecule has 1 unspecified atom stereocenters. The van der Waals surface area contributed by atoms with E-state index in [0.717, 1.165) is 16.9 Å². The molecule has 1 aromatic heterocycles. The van der Waals surface area contributed by atoms with E-state index in [1.165, 1.54) is 4.90 Å². The summed E-state index contributed by atoms with van der Waals surface area (Å²) in [5.74, 6) is -0.938. The van der Waals surface area contributed by atoms with Gasteiger partial charge in [-0.1, -0.05) is 0 Å². The van der Waals surface area contributed by atoms with Gasteiger partial charge in [-0.05, 0) is 43.7 Å². The van der Waals surface area contributed by atoms with Crippen LogP contribution in [0.25, 0.3) is 0 Å². The summed E-state index contributed by atoms with van der Waals surface area (Å²) in [7, 11) is 0. The molecule has 1 saturated heterocycles. The minimum absolute atomic E-state index is 0.296. The van der Waals surface area contributed by atoms with Gasteiger partial charge in [-0.3, -0.25) is 0 Å². The number of nitrogens with zero attached hydrogens (tertiary/aromatic N) is 1. The standard InChI is InChI=1S/C13H18N2O3S/c1-9-4-7-19-10(9)8-14-12(18)15-6-3-5-13(15,2)11(16)17/h4,7H,3,5-6,8H2,1-2H3,(H,14,18)(H,16,17). The molecule has 1 atom stereocenters. The maximum atomic E-state index is 12.1. The zero-order chi connectivity index (χ0) is 14.0. The zero-order valence-electron chi connectivity index (χ0n) is 11.1. The van der Waals surface area contributed by atoms with E-state index in [1.807, 2.05) is 18.4 Å². The number of carboxylic acid groups (broad SMARTS) is 1. The maximum Gasteiger partial charge on any atom is 0.329 e. The first kappa shape index (κ1) is 13.9. The van der Waals surface area contributed by atoms with Crippen LogP contribution in [0.4, 0.5) is 4.79 Å². The van der Waals surface area contributed by atoms with Crippen molar-refractivity contribution in [3.05, 3.63) is 21.9 Å². The molecule has 19 heavy (non-hydrogen) atoms. The highest BCUT2D eigenvalue weighted by Gasteiger charge is 2.45. The second kappa shape index (κ2) is 5.21. The third-order valence-electron chi connectivity index (χ3n) is 3.72. The van der Waals surface area contributed by atoms with Crippen LogP contribution in [-0.4, -0.2) is 34.1 Å². The summed E-state index contributed by atoms with van der Waals surface area (Å²) < 4.78 is 0. The quantitative estimate of drug-likeness (QED) is 0.893. The van der Waals surface area contributed by atoms with Crippen LogP contribution in [0.3, 0.4) is 0 Å². The molecule has 2 heterocycles. The van der Waals surface area contributed by atoms with Gasteiger partial charge in [-0.15, -0.1) is 11.3 Å². The number of carbonyl (C=O) groups excluding carboxylic acids is 1. The van der Waals surface area contributed by atoms with Crippen LogP contribution >= 0.6 is 11.3 Å². The van der Waals surface area contributed by atoms with Gasteiger partial charge in [0.05, 0.1) is 6.54 Å². The number of aryl methyl sites for hydroxylation is 1. The van der Waals surface area contributed by atoms with Crippen molar-refractivity contribution in [3.63, 3.8) is 0 Å². The molecule has 0 aromatic carbocycles. The van der Waals surface area contributed by atoms with Crippen molar-refractivity contribution in [2.75, 3.05) is 6.54 Å². The van der Waals surface area contributed by atoms with Crippen LogP contribution < -0.4 is 5.32 Å². The predicted molar refractivity (Wildman–Crippen MR) is 73.3 cm³/mol. The number of hydrogen-bond donors (Lipinski definition) is 2. The van der Waals surface area contributed by atoms with E-state index in [1.54, 1.807) is 18.3 Å². The molecule has 0 saturated carbocycles. The lowest BCUT2D eigenvalue weighted by atomic mass is 10.00. The van der Waals surface area contributed by atoms with E-state index in [-0.39, 0.29) is 6.03 Å². The van der Waals surface area contributed by atoms with Gasteiger partial charge in [0.15, 0.2) is 0 Å². The Morgan fingerprint density at radius 1 is 1.58 bits per heavy atom. The monoisotopic (exact) mass is 282 g/mol. The van der Waals surface area contributed by atoms with Gasteiger partial charge in [0, 0.05) is 11.4 Å². The maximum absolute atomic E-state index is 12.1.